The summed E-state index contributed by atoms with van der Waals surface area (Å²) in [5.41, 5.74) is 4.27. The van der Waals surface area contributed by atoms with Crippen molar-refractivity contribution in [3.8, 4) is 0 Å². The Morgan fingerprint density at radius 1 is 1.25 bits per heavy atom. The molecular weight excluding hydrogens is 248 g/mol. The molecule has 3 atom stereocenters. The van der Waals surface area contributed by atoms with Gasteiger partial charge in [0.05, 0.1) is 0 Å². The summed E-state index contributed by atoms with van der Waals surface area (Å²) < 4.78 is 0. The van der Waals surface area contributed by atoms with E-state index in [9.17, 15) is 4.79 Å². The number of fused-ring (bicyclic) bond motifs is 5. The van der Waals surface area contributed by atoms with Crippen molar-refractivity contribution in [3.63, 3.8) is 0 Å². The third kappa shape index (κ3) is 1.69. The Balaban J connectivity index is 1.65. The van der Waals surface area contributed by atoms with Crippen LogP contribution in [0.15, 0.2) is 36.0 Å². The van der Waals surface area contributed by atoms with Crippen LogP contribution in [0.2, 0.25) is 0 Å². The zero-order valence-corrected chi connectivity index (χ0v) is 11.8. The highest BCUT2D eigenvalue weighted by Gasteiger charge is 2.43. The highest BCUT2D eigenvalue weighted by atomic mass is 16.2. The number of para-hydroxylation sites is 1. The zero-order chi connectivity index (χ0) is 13.7. The molecule has 3 heteroatoms. The number of rotatable bonds is 0. The van der Waals surface area contributed by atoms with Gasteiger partial charge in [-0.3, -0.25) is 4.79 Å². The van der Waals surface area contributed by atoms with E-state index in [4.69, 9.17) is 0 Å². The normalized spacial score (nSPS) is 30.8. The average molecular weight is 268 g/mol. The van der Waals surface area contributed by atoms with E-state index in [1.165, 1.54) is 23.2 Å². The van der Waals surface area contributed by atoms with Gasteiger partial charge in [0.25, 0.3) is 0 Å². The fraction of sp³-hybridized carbons (Fsp3) is 0.471. The third-order valence-electron chi connectivity index (χ3n) is 5.18. The molecule has 3 nitrogen and oxygen atoms in total. The second-order valence-electron chi connectivity index (χ2n) is 6.21. The Hall–Kier alpha value is -1.77. The summed E-state index contributed by atoms with van der Waals surface area (Å²) in [5, 5.41) is 3.74. The minimum Gasteiger partial charge on any atom is -0.381 e. The first kappa shape index (κ1) is 12.0. The van der Waals surface area contributed by atoms with E-state index in [-0.39, 0.29) is 5.91 Å². The van der Waals surface area contributed by atoms with Crippen LogP contribution >= 0.6 is 0 Å². The van der Waals surface area contributed by atoms with Crippen molar-refractivity contribution in [2.45, 2.75) is 38.1 Å². The summed E-state index contributed by atoms with van der Waals surface area (Å²) in [6.07, 6.45) is 5.54. The summed E-state index contributed by atoms with van der Waals surface area (Å²) in [6, 6.07) is 9.25. The second-order valence-corrected chi connectivity index (χ2v) is 6.21. The van der Waals surface area contributed by atoms with Gasteiger partial charge in [-0.1, -0.05) is 18.2 Å². The van der Waals surface area contributed by atoms with Gasteiger partial charge in [0.15, 0.2) is 0 Å². The lowest BCUT2D eigenvalue weighted by atomic mass is 9.71. The van der Waals surface area contributed by atoms with Crippen molar-refractivity contribution in [2.24, 2.45) is 5.92 Å². The lowest BCUT2D eigenvalue weighted by Gasteiger charge is -2.40. The fourth-order valence-electron chi connectivity index (χ4n) is 4.20. The molecule has 3 aliphatic rings. The maximum atomic E-state index is 11.5. The second kappa shape index (κ2) is 4.37. The Kier molecular flexibility index (Phi) is 2.62. The smallest absolute Gasteiger partial charge is 0.223 e. The van der Waals surface area contributed by atoms with Crippen molar-refractivity contribution < 1.29 is 4.79 Å². The van der Waals surface area contributed by atoms with Crippen LogP contribution in [-0.2, 0) is 4.79 Å². The van der Waals surface area contributed by atoms with E-state index in [1.807, 2.05) is 4.90 Å². The van der Waals surface area contributed by atoms with Gasteiger partial charge in [-0.15, -0.1) is 0 Å². The van der Waals surface area contributed by atoms with E-state index in [2.05, 4.69) is 35.8 Å². The van der Waals surface area contributed by atoms with Gasteiger partial charge in [-0.05, 0) is 36.5 Å². The predicted octanol–water partition coefficient (Wildman–Crippen LogP) is 3.11. The number of hydrogen-bond donors (Lipinski definition) is 1. The Bertz CT molecular complexity index is 592. The highest BCUT2D eigenvalue weighted by Crippen LogP contribution is 2.49. The van der Waals surface area contributed by atoms with Gasteiger partial charge in [0.2, 0.25) is 5.91 Å². The number of hydrogen-bond acceptors (Lipinski definition) is 2. The molecule has 0 radical (unpaired) electrons. The average Bonchev–Trinajstić information content (AvgIpc) is 2.85. The number of nitrogens with one attached hydrogen (secondary N) is 1. The molecule has 1 aromatic rings. The minimum atomic E-state index is 0.167. The summed E-state index contributed by atoms with van der Waals surface area (Å²) in [4.78, 5) is 13.4. The molecule has 1 aromatic carbocycles. The molecule has 2 aliphatic heterocycles. The maximum absolute atomic E-state index is 11.5. The van der Waals surface area contributed by atoms with Gasteiger partial charge >= 0.3 is 0 Å². The lowest BCUT2D eigenvalue weighted by molar-refractivity contribution is -0.126. The summed E-state index contributed by atoms with van der Waals surface area (Å²) in [6.45, 7) is 2.53. The number of carbonyl (C=O) groups is 1. The molecule has 0 unspecified atom stereocenters. The molecule has 0 bridgehead atoms. The minimum absolute atomic E-state index is 0.167. The molecule has 20 heavy (non-hydrogen) atoms. The van der Waals surface area contributed by atoms with Crippen LogP contribution in [0.25, 0.3) is 0 Å². The van der Waals surface area contributed by atoms with Crippen LogP contribution in [0.3, 0.4) is 0 Å². The molecule has 104 valence electrons. The predicted molar refractivity (Wildman–Crippen MR) is 79.4 cm³/mol. The lowest BCUT2D eigenvalue weighted by Crippen LogP contribution is -2.41. The molecule has 0 spiro atoms. The van der Waals surface area contributed by atoms with Crippen LogP contribution in [-0.4, -0.2) is 23.4 Å². The van der Waals surface area contributed by atoms with Crippen LogP contribution in [0, 0.1) is 5.92 Å². The standard InChI is InChI=1S/C17H20N2O/c1-11(20)19-9-8-13-12(10-19)6-7-15-14-4-2-3-5-16(14)18-17(13)15/h2-5,10,13,15,17-18H,6-9H2,1H3/t13-,15+,17-/m1/s1. The molecule has 1 fully saturated rings. The molecule has 2 heterocycles. The molecule has 0 saturated heterocycles. The van der Waals surface area contributed by atoms with E-state index in [0.717, 1.165) is 19.4 Å². The first-order chi connectivity index (χ1) is 9.74. The SMILES string of the molecule is CC(=O)N1C=C2CC[C@H]3c4ccccc4N[C@@H]3[C@@H]2CC1. The maximum Gasteiger partial charge on any atom is 0.223 e. The van der Waals surface area contributed by atoms with Gasteiger partial charge in [0, 0.05) is 43.2 Å². The molecule has 1 aliphatic carbocycles. The number of anilines is 1. The molecule has 0 aromatic heterocycles. The fourth-order valence-corrected chi connectivity index (χ4v) is 4.20. The van der Waals surface area contributed by atoms with Crippen molar-refractivity contribution >= 4 is 11.6 Å². The Labute approximate surface area is 119 Å². The zero-order valence-electron chi connectivity index (χ0n) is 11.8. The van der Waals surface area contributed by atoms with Crippen LogP contribution in [0.1, 0.15) is 37.7 Å². The Morgan fingerprint density at radius 3 is 2.95 bits per heavy atom. The van der Waals surface area contributed by atoms with Crippen molar-refractivity contribution in [3.05, 3.63) is 41.6 Å². The molecule has 4 rings (SSSR count). The summed E-state index contributed by atoms with van der Waals surface area (Å²) in [5.74, 6) is 1.41. The van der Waals surface area contributed by atoms with Crippen molar-refractivity contribution in [1.82, 2.24) is 4.90 Å². The van der Waals surface area contributed by atoms with Gasteiger partial charge in [-0.25, -0.2) is 0 Å². The van der Waals surface area contributed by atoms with E-state index >= 15 is 0 Å². The molecule has 1 amide bonds. The van der Waals surface area contributed by atoms with Gasteiger partial charge in [-0.2, -0.15) is 0 Å². The van der Waals surface area contributed by atoms with E-state index in [1.54, 1.807) is 6.92 Å². The van der Waals surface area contributed by atoms with Gasteiger partial charge < -0.3 is 10.2 Å². The van der Waals surface area contributed by atoms with Gasteiger partial charge in [0.1, 0.15) is 0 Å². The van der Waals surface area contributed by atoms with E-state index < -0.39 is 0 Å². The van der Waals surface area contributed by atoms with Crippen LogP contribution in [0.4, 0.5) is 5.69 Å². The number of nitrogens with zero attached hydrogens (tertiary/aromatic N) is 1. The number of carbonyl (C=O) groups excluding carboxylic acids is 1. The quantitative estimate of drug-likeness (QED) is 0.784. The molecular formula is C17H20N2O. The third-order valence-corrected chi connectivity index (χ3v) is 5.18. The first-order valence-corrected chi connectivity index (χ1v) is 7.57. The van der Waals surface area contributed by atoms with Crippen LogP contribution < -0.4 is 5.32 Å². The first-order valence-electron chi connectivity index (χ1n) is 7.57. The summed E-state index contributed by atoms with van der Waals surface area (Å²) in [7, 11) is 0. The van der Waals surface area contributed by atoms with Crippen LogP contribution in [0.5, 0.6) is 0 Å². The Morgan fingerprint density at radius 2 is 2.10 bits per heavy atom. The molecule has 1 saturated carbocycles. The number of amides is 1. The topological polar surface area (TPSA) is 32.3 Å². The monoisotopic (exact) mass is 268 g/mol. The van der Waals surface area contributed by atoms with Crippen molar-refractivity contribution in [1.29, 1.82) is 0 Å². The summed E-state index contributed by atoms with van der Waals surface area (Å²) >= 11 is 0. The number of benzene rings is 1. The van der Waals surface area contributed by atoms with Crippen molar-refractivity contribution in [2.75, 3.05) is 11.9 Å². The largest absolute Gasteiger partial charge is 0.381 e. The molecule has 1 N–H and O–H groups in total. The van der Waals surface area contributed by atoms with E-state index in [0.29, 0.717) is 17.9 Å². The highest BCUT2D eigenvalue weighted by molar-refractivity contribution is 5.74.